The molecule has 0 saturated carbocycles. The molecule has 0 saturated heterocycles. The maximum Gasteiger partial charge on any atom is 0.361 e. The van der Waals surface area contributed by atoms with E-state index in [0.29, 0.717) is 0 Å². The Hall–Kier alpha value is -3.03. The Bertz CT molecular complexity index is 675. The highest BCUT2D eigenvalue weighted by atomic mass is 19.1. The highest BCUT2D eigenvalue weighted by Gasteiger charge is 2.25. The minimum atomic E-state index is -1.38. The summed E-state index contributed by atoms with van der Waals surface area (Å²) in [6.45, 7) is 0. The molecule has 1 aromatic carbocycles. The van der Waals surface area contributed by atoms with E-state index >= 15 is 0 Å². The number of benzene rings is 1. The second kappa shape index (κ2) is 5.95. The first-order valence-corrected chi connectivity index (χ1v) is 5.81. The lowest BCUT2D eigenvalue weighted by molar-refractivity contribution is -0.127. The number of hydrogen-bond acceptors (Lipinski definition) is 6. The Kier molecular flexibility index (Phi) is 4.07. The first kappa shape index (κ1) is 14.4. The van der Waals surface area contributed by atoms with Gasteiger partial charge in [-0.05, 0) is 12.1 Å². The quantitative estimate of drug-likeness (QED) is 0.794. The van der Waals surface area contributed by atoms with Crippen molar-refractivity contribution in [3.63, 3.8) is 0 Å². The van der Waals surface area contributed by atoms with E-state index in [1.165, 1.54) is 24.5 Å². The van der Waals surface area contributed by atoms with Crippen molar-refractivity contribution < 1.29 is 18.7 Å². The van der Waals surface area contributed by atoms with Gasteiger partial charge >= 0.3 is 5.97 Å². The van der Waals surface area contributed by atoms with Gasteiger partial charge in [0, 0.05) is 18.0 Å². The van der Waals surface area contributed by atoms with Crippen molar-refractivity contribution in [2.75, 3.05) is 5.73 Å². The summed E-state index contributed by atoms with van der Waals surface area (Å²) in [7, 11) is 0. The summed E-state index contributed by atoms with van der Waals surface area (Å²) >= 11 is 0. The first-order valence-electron chi connectivity index (χ1n) is 5.81. The van der Waals surface area contributed by atoms with Crippen LogP contribution < -0.4 is 11.5 Å². The van der Waals surface area contributed by atoms with Gasteiger partial charge in [-0.3, -0.25) is 4.79 Å². The highest BCUT2D eigenvalue weighted by Crippen LogP contribution is 2.20. The van der Waals surface area contributed by atoms with Gasteiger partial charge in [0.25, 0.3) is 5.91 Å². The summed E-state index contributed by atoms with van der Waals surface area (Å²) < 4.78 is 17.9. The van der Waals surface area contributed by atoms with Crippen LogP contribution in [-0.2, 0) is 9.53 Å². The topological polar surface area (TPSA) is 121 Å². The third-order valence-electron chi connectivity index (χ3n) is 2.58. The molecule has 0 aliphatic heterocycles. The Balaban J connectivity index is 2.25. The smallest absolute Gasteiger partial charge is 0.361 e. The van der Waals surface area contributed by atoms with Gasteiger partial charge in [0.05, 0.1) is 0 Å². The average molecular weight is 290 g/mol. The molecule has 1 aromatic heterocycles. The molecule has 8 heteroatoms. The minimum Gasteiger partial charge on any atom is -0.442 e. The lowest BCUT2D eigenvalue weighted by Crippen LogP contribution is -2.27. The normalized spacial score (nSPS) is 11.7. The molecule has 0 fully saturated rings. The Morgan fingerprint density at radius 2 is 1.76 bits per heavy atom. The molecule has 21 heavy (non-hydrogen) atoms. The van der Waals surface area contributed by atoms with Crippen molar-refractivity contribution in [1.29, 1.82) is 0 Å². The summed E-state index contributed by atoms with van der Waals surface area (Å²) in [4.78, 5) is 30.8. The number of nitrogen functional groups attached to an aromatic ring is 1. The van der Waals surface area contributed by atoms with Crippen molar-refractivity contribution in [3.8, 4) is 0 Å². The van der Waals surface area contributed by atoms with Gasteiger partial charge in [-0.15, -0.1) is 0 Å². The van der Waals surface area contributed by atoms with Crippen LogP contribution in [0.2, 0.25) is 0 Å². The van der Waals surface area contributed by atoms with Gasteiger partial charge in [-0.25, -0.2) is 19.2 Å². The number of ether oxygens (including phenoxy) is 1. The zero-order chi connectivity index (χ0) is 15.4. The van der Waals surface area contributed by atoms with E-state index in [2.05, 4.69) is 9.97 Å². The van der Waals surface area contributed by atoms with E-state index < -0.39 is 23.8 Å². The number of carbonyl (C=O) groups is 2. The SMILES string of the molecule is NC(=O)C(OC(=O)c1nccnc1N)c1ccc(F)cc1. The number of rotatable bonds is 4. The fourth-order valence-corrected chi connectivity index (χ4v) is 1.60. The van der Waals surface area contributed by atoms with Crippen LogP contribution in [0, 0.1) is 5.82 Å². The molecule has 1 amide bonds. The first-order chi connectivity index (χ1) is 9.99. The summed E-state index contributed by atoms with van der Waals surface area (Å²) in [6.07, 6.45) is 1.18. The van der Waals surface area contributed by atoms with Gasteiger partial charge in [-0.1, -0.05) is 12.1 Å². The number of anilines is 1. The highest BCUT2D eigenvalue weighted by molar-refractivity contribution is 5.94. The molecule has 7 nitrogen and oxygen atoms in total. The fourth-order valence-electron chi connectivity index (χ4n) is 1.60. The summed E-state index contributed by atoms with van der Waals surface area (Å²) in [5.41, 5.74) is 10.7. The van der Waals surface area contributed by atoms with E-state index in [1.54, 1.807) is 0 Å². The summed E-state index contributed by atoms with van der Waals surface area (Å²) in [5.74, 6) is -2.48. The van der Waals surface area contributed by atoms with Crippen molar-refractivity contribution >= 4 is 17.7 Å². The number of esters is 1. The van der Waals surface area contributed by atoms with Crippen LogP contribution in [-0.4, -0.2) is 21.8 Å². The molecule has 0 spiro atoms. The minimum absolute atomic E-state index is 0.134. The van der Waals surface area contributed by atoms with Crippen LogP contribution in [0.25, 0.3) is 0 Å². The van der Waals surface area contributed by atoms with Crippen LogP contribution in [0.1, 0.15) is 22.2 Å². The third kappa shape index (κ3) is 3.30. The van der Waals surface area contributed by atoms with Crippen molar-refractivity contribution in [1.82, 2.24) is 9.97 Å². The van der Waals surface area contributed by atoms with Gasteiger partial charge in [-0.2, -0.15) is 0 Å². The molecule has 4 N–H and O–H groups in total. The van der Waals surface area contributed by atoms with Gasteiger partial charge in [0.15, 0.2) is 11.5 Å². The van der Waals surface area contributed by atoms with Crippen molar-refractivity contribution in [3.05, 3.63) is 53.7 Å². The largest absolute Gasteiger partial charge is 0.442 e. The zero-order valence-electron chi connectivity index (χ0n) is 10.7. The number of nitrogens with two attached hydrogens (primary N) is 2. The molecular weight excluding hydrogens is 279 g/mol. The molecule has 2 rings (SSSR count). The van der Waals surface area contributed by atoms with E-state index in [9.17, 15) is 14.0 Å². The molecule has 2 aromatic rings. The molecule has 0 bridgehead atoms. The van der Waals surface area contributed by atoms with Gasteiger partial charge < -0.3 is 16.2 Å². The Morgan fingerprint density at radius 1 is 1.14 bits per heavy atom. The molecule has 1 unspecified atom stereocenters. The van der Waals surface area contributed by atoms with Crippen LogP contribution in [0.4, 0.5) is 10.2 Å². The maximum atomic E-state index is 12.9. The molecule has 0 radical (unpaired) electrons. The molecule has 108 valence electrons. The average Bonchev–Trinajstić information content (AvgIpc) is 2.46. The Morgan fingerprint density at radius 3 is 2.33 bits per heavy atom. The van der Waals surface area contributed by atoms with Crippen molar-refractivity contribution in [2.45, 2.75) is 6.10 Å². The molecule has 1 heterocycles. The van der Waals surface area contributed by atoms with E-state index in [1.807, 2.05) is 0 Å². The molecule has 1 atom stereocenters. The van der Waals surface area contributed by atoms with Gasteiger partial charge in [0.2, 0.25) is 6.10 Å². The lowest BCUT2D eigenvalue weighted by atomic mass is 10.1. The predicted octanol–water partition coefficient (Wildman–Crippen LogP) is 0.581. The number of hydrogen-bond donors (Lipinski definition) is 2. The number of nitrogens with zero attached hydrogens (tertiary/aromatic N) is 2. The second-order valence-corrected chi connectivity index (χ2v) is 4.03. The van der Waals surface area contributed by atoms with Crippen molar-refractivity contribution in [2.24, 2.45) is 5.73 Å². The van der Waals surface area contributed by atoms with Crippen LogP contribution in [0.15, 0.2) is 36.7 Å². The van der Waals surface area contributed by atoms with E-state index in [-0.39, 0.29) is 17.1 Å². The number of primary amides is 1. The van der Waals surface area contributed by atoms with Crippen LogP contribution >= 0.6 is 0 Å². The van der Waals surface area contributed by atoms with Gasteiger partial charge in [0.1, 0.15) is 5.82 Å². The second-order valence-electron chi connectivity index (χ2n) is 4.03. The van der Waals surface area contributed by atoms with Crippen LogP contribution in [0.3, 0.4) is 0 Å². The summed E-state index contributed by atoms with van der Waals surface area (Å²) in [5, 5.41) is 0. The summed E-state index contributed by atoms with van der Waals surface area (Å²) in [6, 6.07) is 4.82. The predicted molar refractivity (Wildman–Crippen MR) is 70.2 cm³/mol. The standard InChI is InChI=1S/C13H11FN4O3/c14-8-3-1-7(2-4-8)10(12(16)19)21-13(20)9-11(15)18-6-5-17-9/h1-6,10H,(H2,15,18)(H2,16,19). The number of amides is 1. The zero-order valence-corrected chi connectivity index (χ0v) is 10.7. The molecular formula is C13H11FN4O3. The third-order valence-corrected chi connectivity index (χ3v) is 2.58. The monoisotopic (exact) mass is 290 g/mol. The number of carbonyl (C=O) groups excluding carboxylic acids is 2. The molecule has 0 aliphatic rings. The van der Waals surface area contributed by atoms with Crippen LogP contribution in [0.5, 0.6) is 0 Å². The lowest BCUT2D eigenvalue weighted by Gasteiger charge is -2.15. The maximum absolute atomic E-state index is 12.9. The molecule has 0 aliphatic carbocycles. The van der Waals surface area contributed by atoms with E-state index in [0.717, 1.165) is 12.1 Å². The number of halogens is 1. The fraction of sp³-hybridized carbons (Fsp3) is 0.0769. The number of aromatic nitrogens is 2. The van der Waals surface area contributed by atoms with E-state index in [4.69, 9.17) is 16.2 Å². The Labute approximate surface area is 118 Å².